The highest BCUT2D eigenvalue weighted by atomic mass is 32.1. The standard InChI is InChI=1S/C11H14N4O2S/c1-6-12-14-10(18-6)15-13-8-7(16)4-5-11(2,3)9(8)17/h4-5,8,13H,1-3H3,(H,14,15). The molecule has 0 radical (unpaired) electrons. The normalized spacial score (nSPS) is 22.3. The fourth-order valence-corrected chi connectivity index (χ4v) is 2.14. The minimum absolute atomic E-state index is 0.163. The maximum absolute atomic E-state index is 12.1. The number of allylic oxidation sites excluding steroid dienone is 1. The van der Waals surface area contributed by atoms with Gasteiger partial charge in [0.05, 0.1) is 0 Å². The molecule has 0 aromatic carbocycles. The van der Waals surface area contributed by atoms with Crippen molar-refractivity contribution in [2.75, 3.05) is 5.43 Å². The maximum Gasteiger partial charge on any atom is 0.219 e. The number of hydrogen-bond donors (Lipinski definition) is 2. The van der Waals surface area contributed by atoms with Gasteiger partial charge in [0, 0.05) is 5.41 Å². The van der Waals surface area contributed by atoms with Crippen LogP contribution in [0.4, 0.5) is 5.13 Å². The van der Waals surface area contributed by atoms with Crippen LogP contribution in [0.1, 0.15) is 18.9 Å². The zero-order valence-electron chi connectivity index (χ0n) is 10.4. The SMILES string of the molecule is Cc1nnc(NNC2C(=O)C=CC(C)(C)C2=O)s1. The van der Waals surface area contributed by atoms with E-state index in [4.69, 9.17) is 0 Å². The van der Waals surface area contributed by atoms with Crippen molar-refractivity contribution >= 4 is 28.0 Å². The zero-order valence-corrected chi connectivity index (χ0v) is 11.2. The molecule has 6 nitrogen and oxygen atoms in total. The molecule has 1 unspecified atom stereocenters. The Labute approximate surface area is 108 Å². The molecular weight excluding hydrogens is 252 g/mol. The van der Waals surface area contributed by atoms with Crippen LogP contribution < -0.4 is 10.9 Å². The molecule has 1 aromatic heterocycles. The van der Waals surface area contributed by atoms with Crippen molar-refractivity contribution in [2.45, 2.75) is 26.8 Å². The minimum Gasteiger partial charge on any atom is -0.296 e. The van der Waals surface area contributed by atoms with Gasteiger partial charge in [-0.05, 0) is 26.8 Å². The first-order chi connectivity index (χ1) is 8.40. The molecule has 1 aliphatic carbocycles. The van der Waals surface area contributed by atoms with Crippen molar-refractivity contribution in [1.29, 1.82) is 0 Å². The third kappa shape index (κ3) is 2.46. The number of aryl methyl sites for hydroxylation is 1. The number of hydrogen-bond acceptors (Lipinski definition) is 7. The lowest BCUT2D eigenvalue weighted by Crippen LogP contribution is -2.52. The van der Waals surface area contributed by atoms with Gasteiger partial charge >= 0.3 is 0 Å². The molecule has 1 aliphatic rings. The Morgan fingerprint density at radius 1 is 1.33 bits per heavy atom. The van der Waals surface area contributed by atoms with E-state index in [2.05, 4.69) is 21.0 Å². The van der Waals surface area contributed by atoms with Crippen LogP contribution in [-0.4, -0.2) is 27.8 Å². The number of carbonyl (C=O) groups is 2. The number of carbonyl (C=O) groups excluding carboxylic acids is 2. The molecule has 0 saturated heterocycles. The molecule has 7 heteroatoms. The number of aromatic nitrogens is 2. The van der Waals surface area contributed by atoms with Crippen LogP contribution >= 0.6 is 11.3 Å². The Hall–Kier alpha value is -1.60. The summed E-state index contributed by atoms with van der Waals surface area (Å²) in [6.45, 7) is 5.38. The third-order valence-electron chi connectivity index (χ3n) is 2.70. The van der Waals surface area contributed by atoms with Gasteiger partial charge < -0.3 is 0 Å². The first kappa shape index (κ1) is 12.8. The smallest absolute Gasteiger partial charge is 0.219 e. The van der Waals surface area contributed by atoms with Gasteiger partial charge in [-0.1, -0.05) is 17.4 Å². The molecule has 96 valence electrons. The van der Waals surface area contributed by atoms with Gasteiger partial charge in [-0.25, -0.2) is 5.43 Å². The van der Waals surface area contributed by atoms with E-state index in [-0.39, 0.29) is 11.6 Å². The Kier molecular flexibility index (Phi) is 3.27. The molecule has 2 N–H and O–H groups in total. The van der Waals surface area contributed by atoms with Crippen molar-refractivity contribution in [2.24, 2.45) is 5.41 Å². The van der Waals surface area contributed by atoms with Crippen molar-refractivity contribution in [3.05, 3.63) is 17.2 Å². The zero-order chi connectivity index (χ0) is 13.3. The molecule has 1 aromatic rings. The number of ketones is 2. The second-order valence-corrected chi connectivity index (χ2v) is 5.83. The van der Waals surface area contributed by atoms with Crippen LogP contribution in [-0.2, 0) is 9.59 Å². The van der Waals surface area contributed by atoms with Crippen molar-refractivity contribution in [3.63, 3.8) is 0 Å². The van der Waals surface area contributed by atoms with E-state index in [0.717, 1.165) is 5.01 Å². The minimum atomic E-state index is -0.880. The number of nitrogens with one attached hydrogen (secondary N) is 2. The number of rotatable bonds is 3. The molecule has 0 bridgehead atoms. The molecule has 18 heavy (non-hydrogen) atoms. The highest BCUT2D eigenvalue weighted by Crippen LogP contribution is 2.25. The van der Waals surface area contributed by atoms with E-state index in [9.17, 15) is 9.59 Å². The van der Waals surface area contributed by atoms with E-state index >= 15 is 0 Å². The summed E-state index contributed by atoms with van der Waals surface area (Å²) in [6, 6.07) is -0.880. The topological polar surface area (TPSA) is 84.0 Å². The molecule has 0 saturated carbocycles. The molecular formula is C11H14N4O2S. The molecule has 1 atom stereocenters. The van der Waals surface area contributed by atoms with Gasteiger partial charge in [-0.3, -0.25) is 15.0 Å². The molecule has 0 fully saturated rings. The van der Waals surface area contributed by atoms with Crippen molar-refractivity contribution in [1.82, 2.24) is 15.6 Å². The lowest BCUT2D eigenvalue weighted by atomic mass is 9.78. The van der Waals surface area contributed by atoms with Crippen LogP contribution in [0.25, 0.3) is 0 Å². The lowest BCUT2D eigenvalue weighted by molar-refractivity contribution is -0.133. The average molecular weight is 266 g/mol. The Balaban J connectivity index is 2.07. The van der Waals surface area contributed by atoms with Gasteiger partial charge in [-0.2, -0.15) is 0 Å². The van der Waals surface area contributed by atoms with Gasteiger partial charge in [0.1, 0.15) is 11.0 Å². The number of anilines is 1. The summed E-state index contributed by atoms with van der Waals surface area (Å²) in [5, 5.41) is 9.00. The largest absolute Gasteiger partial charge is 0.296 e. The van der Waals surface area contributed by atoms with Crippen LogP contribution in [0, 0.1) is 12.3 Å². The van der Waals surface area contributed by atoms with Crippen LogP contribution in [0.5, 0.6) is 0 Å². The van der Waals surface area contributed by atoms with Gasteiger partial charge in [0.2, 0.25) is 5.13 Å². The number of Topliss-reactive ketones (excluding diaryl/α,β-unsaturated/α-hetero) is 1. The number of nitrogens with zero attached hydrogens (tertiary/aromatic N) is 2. The molecule has 0 aliphatic heterocycles. The second kappa shape index (κ2) is 4.58. The van der Waals surface area contributed by atoms with Crippen LogP contribution in [0.15, 0.2) is 12.2 Å². The molecule has 0 amide bonds. The quantitative estimate of drug-likeness (QED) is 0.624. The summed E-state index contributed by atoms with van der Waals surface area (Å²) in [5.74, 6) is -0.420. The number of hydrazine groups is 1. The van der Waals surface area contributed by atoms with Gasteiger partial charge in [0.25, 0.3) is 0 Å². The summed E-state index contributed by atoms with van der Waals surface area (Å²) < 4.78 is 0. The monoisotopic (exact) mass is 266 g/mol. The predicted octanol–water partition coefficient (Wildman–Crippen LogP) is 0.866. The van der Waals surface area contributed by atoms with Crippen molar-refractivity contribution < 1.29 is 9.59 Å². The summed E-state index contributed by atoms with van der Waals surface area (Å²) in [4.78, 5) is 23.8. The fourth-order valence-electron chi connectivity index (χ4n) is 1.59. The lowest BCUT2D eigenvalue weighted by Gasteiger charge is -2.28. The summed E-state index contributed by atoms with van der Waals surface area (Å²) >= 11 is 1.34. The third-order valence-corrected chi connectivity index (χ3v) is 3.45. The van der Waals surface area contributed by atoms with Crippen LogP contribution in [0.3, 0.4) is 0 Å². The summed E-state index contributed by atoms with van der Waals surface area (Å²) in [6.07, 6.45) is 3.07. The highest BCUT2D eigenvalue weighted by Gasteiger charge is 2.38. The Morgan fingerprint density at radius 2 is 2.06 bits per heavy atom. The summed E-state index contributed by atoms with van der Waals surface area (Å²) in [7, 11) is 0. The average Bonchev–Trinajstić information content (AvgIpc) is 2.71. The molecule has 1 heterocycles. The molecule has 2 rings (SSSR count). The highest BCUT2D eigenvalue weighted by molar-refractivity contribution is 7.15. The van der Waals surface area contributed by atoms with E-state index < -0.39 is 11.5 Å². The first-order valence-electron chi connectivity index (χ1n) is 5.49. The fraction of sp³-hybridized carbons (Fsp3) is 0.455. The maximum atomic E-state index is 12.1. The molecule has 0 spiro atoms. The van der Waals surface area contributed by atoms with E-state index in [1.165, 1.54) is 17.4 Å². The Bertz CT molecular complexity index is 521. The van der Waals surface area contributed by atoms with Gasteiger partial charge in [-0.15, -0.1) is 10.2 Å². The summed E-state index contributed by atoms with van der Waals surface area (Å²) in [5.41, 5.74) is 4.83. The van der Waals surface area contributed by atoms with E-state index in [1.54, 1.807) is 19.9 Å². The van der Waals surface area contributed by atoms with E-state index in [1.807, 2.05) is 6.92 Å². The Morgan fingerprint density at radius 3 is 2.67 bits per heavy atom. The first-order valence-corrected chi connectivity index (χ1v) is 6.31. The van der Waals surface area contributed by atoms with Crippen molar-refractivity contribution in [3.8, 4) is 0 Å². The van der Waals surface area contributed by atoms with E-state index in [0.29, 0.717) is 5.13 Å². The predicted molar refractivity (Wildman–Crippen MR) is 68.1 cm³/mol. The second-order valence-electron chi connectivity index (χ2n) is 4.65. The van der Waals surface area contributed by atoms with Crippen LogP contribution in [0.2, 0.25) is 0 Å². The van der Waals surface area contributed by atoms with Gasteiger partial charge in [0.15, 0.2) is 11.6 Å².